The lowest BCUT2D eigenvalue weighted by atomic mass is 9.86. The van der Waals surface area contributed by atoms with Gasteiger partial charge in [0.05, 0.1) is 21.5 Å². The number of halogens is 1. The molecule has 0 spiro atoms. The molecule has 202 valence electrons. The van der Waals surface area contributed by atoms with E-state index in [4.69, 9.17) is 14.5 Å². The van der Waals surface area contributed by atoms with Gasteiger partial charge in [-0.3, -0.25) is 0 Å². The van der Waals surface area contributed by atoms with Crippen LogP contribution in [0, 0.1) is 6.92 Å². The molecule has 1 saturated heterocycles. The summed E-state index contributed by atoms with van der Waals surface area (Å²) >= 11 is 2.25. The van der Waals surface area contributed by atoms with Gasteiger partial charge in [0.1, 0.15) is 5.82 Å². The van der Waals surface area contributed by atoms with Crippen molar-refractivity contribution in [3.8, 4) is 11.5 Å². The molecular formula is C27H32IN5O4S. The van der Waals surface area contributed by atoms with E-state index in [9.17, 15) is 8.42 Å². The van der Waals surface area contributed by atoms with E-state index in [1.165, 1.54) is 5.56 Å². The highest BCUT2D eigenvalue weighted by Gasteiger charge is 2.30. The molecule has 38 heavy (non-hydrogen) atoms. The molecule has 11 heteroatoms. The van der Waals surface area contributed by atoms with Crippen molar-refractivity contribution in [3.05, 3.63) is 53.2 Å². The number of nitrogens with one attached hydrogen (secondary N) is 3. The SMILES string of the molecule is Cc1cc(Nc2ncc(CI)c(Nc3ccccc3S(=O)(=O)C(C)C)n2)c2c(c1C1CCNCC1)OCO2. The van der Waals surface area contributed by atoms with E-state index in [-0.39, 0.29) is 11.7 Å². The molecule has 0 bridgehead atoms. The van der Waals surface area contributed by atoms with Crippen LogP contribution in [-0.4, -0.2) is 43.5 Å². The number of anilines is 4. The normalized spacial score (nSPS) is 15.6. The summed E-state index contributed by atoms with van der Waals surface area (Å²) in [6.07, 6.45) is 3.87. The highest BCUT2D eigenvalue weighted by Crippen LogP contribution is 2.48. The molecule has 3 heterocycles. The van der Waals surface area contributed by atoms with Crippen molar-refractivity contribution in [2.75, 3.05) is 30.5 Å². The van der Waals surface area contributed by atoms with E-state index in [0.29, 0.717) is 33.5 Å². The standard InChI is InChI=1S/C27H32IN5O4S/c1-16(2)38(34,35)22-7-5-4-6-20(22)31-26-19(13-28)14-30-27(33-26)32-21-12-17(3)23(18-8-10-29-11-9-18)25-24(21)36-15-37-25/h4-7,12,14,16,18,29H,8-11,13,15H2,1-3H3,(H2,30,31,32,33). The Hall–Kier alpha value is -2.64. The predicted molar refractivity (Wildman–Crippen MR) is 157 cm³/mol. The maximum Gasteiger partial charge on any atom is 0.231 e. The molecule has 2 aromatic carbocycles. The quantitative estimate of drug-likeness (QED) is 0.213. The number of ether oxygens (including phenoxy) is 2. The van der Waals surface area contributed by atoms with Crippen LogP contribution in [0.5, 0.6) is 11.5 Å². The summed E-state index contributed by atoms with van der Waals surface area (Å²) < 4.78 is 38.4. The van der Waals surface area contributed by atoms with Gasteiger partial charge in [0.2, 0.25) is 12.7 Å². The third-order valence-corrected chi connectivity index (χ3v) is 9.99. The first kappa shape index (κ1) is 26.9. The predicted octanol–water partition coefficient (Wildman–Crippen LogP) is 5.59. The van der Waals surface area contributed by atoms with Crippen molar-refractivity contribution in [1.29, 1.82) is 0 Å². The number of rotatable bonds is 8. The second-order valence-corrected chi connectivity index (χ2v) is 13.0. The number of fused-ring (bicyclic) bond motifs is 1. The lowest BCUT2D eigenvalue weighted by molar-refractivity contribution is 0.173. The summed E-state index contributed by atoms with van der Waals surface area (Å²) in [4.78, 5) is 9.50. The van der Waals surface area contributed by atoms with Gasteiger partial charge in [0.25, 0.3) is 0 Å². The molecule has 3 aromatic rings. The van der Waals surface area contributed by atoms with Gasteiger partial charge in [-0.15, -0.1) is 0 Å². The summed E-state index contributed by atoms with van der Waals surface area (Å²) in [6.45, 7) is 7.62. The highest BCUT2D eigenvalue weighted by atomic mass is 127. The van der Waals surface area contributed by atoms with Crippen LogP contribution in [0.15, 0.2) is 41.4 Å². The Morgan fingerprint density at radius 2 is 1.84 bits per heavy atom. The van der Waals surface area contributed by atoms with Gasteiger partial charge < -0.3 is 25.4 Å². The monoisotopic (exact) mass is 649 g/mol. The number of aromatic nitrogens is 2. The molecule has 0 unspecified atom stereocenters. The van der Waals surface area contributed by atoms with Gasteiger partial charge in [-0.1, -0.05) is 34.7 Å². The number of piperidine rings is 1. The Morgan fingerprint density at radius 3 is 2.58 bits per heavy atom. The Labute approximate surface area is 237 Å². The largest absolute Gasteiger partial charge is 0.453 e. The van der Waals surface area contributed by atoms with Crippen molar-refractivity contribution in [2.24, 2.45) is 0 Å². The van der Waals surface area contributed by atoms with E-state index < -0.39 is 15.1 Å². The second kappa shape index (κ2) is 11.2. The fourth-order valence-corrected chi connectivity index (χ4v) is 6.68. The van der Waals surface area contributed by atoms with Gasteiger partial charge in [0.15, 0.2) is 21.3 Å². The fourth-order valence-electron chi connectivity index (χ4n) is 4.92. The van der Waals surface area contributed by atoms with Gasteiger partial charge >= 0.3 is 0 Å². The Bertz CT molecular complexity index is 1440. The zero-order valence-electron chi connectivity index (χ0n) is 21.7. The van der Waals surface area contributed by atoms with Crippen molar-refractivity contribution in [3.63, 3.8) is 0 Å². The van der Waals surface area contributed by atoms with Crippen LogP contribution in [0.4, 0.5) is 23.1 Å². The van der Waals surface area contributed by atoms with E-state index in [1.54, 1.807) is 44.3 Å². The van der Waals surface area contributed by atoms with Crippen LogP contribution in [0.25, 0.3) is 0 Å². The molecule has 1 fully saturated rings. The average molecular weight is 650 g/mol. The topological polar surface area (TPSA) is 114 Å². The van der Waals surface area contributed by atoms with Crippen LogP contribution in [-0.2, 0) is 14.3 Å². The van der Waals surface area contributed by atoms with Gasteiger partial charge in [-0.05, 0) is 76.4 Å². The lowest BCUT2D eigenvalue weighted by Crippen LogP contribution is -2.27. The van der Waals surface area contributed by atoms with Gasteiger partial charge in [-0.25, -0.2) is 13.4 Å². The Morgan fingerprint density at radius 1 is 1.11 bits per heavy atom. The Balaban J connectivity index is 1.48. The number of sulfone groups is 1. The van der Waals surface area contributed by atoms with Crippen molar-refractivity contribution in [2.45, 2.75) is 54.1 Å². The maximum absolute atomic E-state index is 13.0. The molecule has 0 aliphatic carbocycles. The summed E-state index contributed by atoms with van der Waals surface area (Å²) in [7, 11) is -3.49. The molecule has 9 nitrogen and oxygen atoms in total. The summed E-state index contributed by atoms with van der Waals surface area (Å²) in [5.41, 5.74) is 4.44. The zero-order valence-corrected chi connectivity index (χ0v) is 24.6. The van der Waals surface area contributed by atoms with Gasteiger partial charge in [0, 0.05) is 21.8 Å². The first-order valence-corrected chi connectivity index (χ1v) is 15.8. The molecular weight excluding hydrogens is 617 g/mol. The molecule has 2 aliphatic rings. The van der Waals surface area contributed by atoms with E-state index in [1.807, 2.05) is 0 Å². The molecule has 0 amide bonds. The number of benzene rings is 2. The van der Waals surface area contributed by atoms with Gasteiger partial charge in [-0.2, -0.15) is 4.98 Å². The minimum atomic E-state index is -3.49. The van der Waals surface area contributed by atoms with Crippen LogP contribution in [0.3, 0.4) is 0 Å². The second-order valence-electron chi connectivity index (χ2n) is 9.78. The minimum Gasteiger partial charge on any atom is -0.453 e. The molecule has 5 rings (SSSR count). The zero-order chi connectivity index (χ0) is 26.9. The minimum absolute atomic E-state index is 0.175. The molecule has 3 N–H and O–H groups in total. The first-order chi connectivity index (χ1) is 18.3. The number of hydrogen-bond acceptors (Lipinski definition) is 9. The summed E-state index contributed by atoms with van der Waals surface area (Å²) in [5.74, 6) is 2.82. The third kappa shape index (κ3) is 5.28. The molecule has 0 atom stereocenters. The molecule has 0 radical (unpaired) electrons. The maximum atomic E-state index is 13.0. The van der Waals surface area contributed by atoms with Crippen LogP contribution in [0.1, 0.15) is 49.3 Å². The van der Waals surface area contributed by atoms with Crippen LogP contribution < -0.4 is 25.4 Å². The third-order valence-electron chi connectivity index (χ3n) is 6.96. The van der Waals surface area contributed by atoms with Crippen LogP contribution in [0.2, 0.25) is 0 Å². The number of para-hydroxylation sites is 1. The number of aryl methyl sites for hydroxylation is 1. The molecule has 1 aromatic heterocycles. The van der Waals surface area contributed by atoms with E-state index in [0.717, 1.165) is 48.5 Å². The van der Waals surface area contributed by atoms with E-state index in [2.05, 4.69) is 56.5 Å². The van der Waals surface area contributed by atoms with Crippen molar-refractivity contribution >= 4 is 55.6 Å². The van der Waals surface area contributed by atoms with E-state index >= 15 is 0 Å². The highest BCUT2D eigenvalue weighted by molar-refractivity contribution is 14.1. The van der Waals surface area contributed by atoms with Crippen molar-refractivity contribution in [1.82, 2.24) is 15.3 Å². The number of alkyl halides is 1. The average Bonchev–Trinajstić information content (AvgIpc) is 3.39. The van der Waals surface area contributed by atoms with Crippen LogP contribution >= 0.6 is 22.6 Å². The van der Waals surface area contributed by atoms with Crippen molar-refractivity contribution < 1.29 is 17.9 Å². The molecule has 2 aliphatic heterocycles. The number of nitrogens with zero attached hydrogens (tertiary/aromatic N) is 2. The summed E-state index contributed by atoms with van der Waals surface area (Å²) in [6, 6.07) is 8.97. The number of hydrogen-bond donors (Lipinski definition) is 3. The first-order valence-electron chi connectivity index (χ1n) is 12.7. The summed E-state index contributed by atoms with van der Waals surface area (Å²) in [5, 5.41) is 9.45. The lowest BCUT2D eigenvalue weighted by Gasteiger charge is -2.26. The Kier molecular flexibility index (Phi) is 7.96. The molecule has 0 saturated carbocycles. The smallest absolute Gasteiger partial charge is 0.231 e. The fraction of sp³-hybridized carbons (Fsp3) is 0.407.